The highest BCUT2D eigenvalue weighted by atomic mass is 16.6. The molecule has 0 bridgehead atoms. The van der Waals surface area contributed by atoms with Gasteiger partial charge in [0.1, 0.15) is 0 Å². The highest BCUT2D eigenvalue weighted by Crippen LogP contribution is 2.28. The molecular formula is C10H13N5O3. The summed E-state index contributed by atoms with van der Waals surface area (Å²) in [6.07, 6.45) is 1.61. The number of amides is 2. The fourth-order valence-electron chi connectivity index (χ4n) is 2.68. The zero-order valence-electron chi connectivity index (χ0n) is 9.63. The van der Waals surface area contributed by atoms with Gasteiger partial charge in [0.15, 0.2) is 0 Å². The second-order valence-corrected chi connectivity index (χ2v) is 4.56. The van der Waals surface area contributed by atoms with Crippen LogP contribution in [-0.4, -0.2) is 46.2 Å². The topological polar surface area (TPSA) is 114 Å². The predicted molar refractivity (Wildman–Crippen MR) is 59.3 cm³/mol. The van der Waals surface area contributed by atoms with Crippen LogP contribution < -0.4 is 11.1 Å². The van der Waals surface area contributed by atoms with Crippen molar-refractivity contribution in [2.45, 2.75) is 18.9 Å². The number of nitrogens with two attached hydrogens (primary N) is 1. The third-order valence-electron chi connectivity index (χ3n) is 3.58. The Balaban J connectivity index is 1.86. The number of nitrogens with one attached hydrogen (secondary N) is 1. The molecule has 8 heteroatoms. The van der Waals surface area contributed by atoms with Crippen molar-refractivity contribution >= 4 is 17.6 Å². The molecule has 3 heterocycles. The molecule has 3 N–H and O–H groups in total. The van der Waals surface area contributed by atoms with E-state index in [0.717, 1.165) is 12.8 Å². The van der Waals surface area contributed by atoms with Gasteiger partial charge in [-0.3, -0.25) is 9.59 Å². The lowest BCUT2D eigenvalue weighted by atomic mass is 9.91. The SMILES string of the molecule is Nc1nonc1C(=O)N1CCCC2C(=O)NCC21. The van der Waals surface area contributed by atoms with Gasteiger partial charge < -0.3 is 16.0 Å². The van der Waals surface area contributed by atoms with Gasteiger partial charge in [0.25, 0.3) is 5.91 Å². The summed E-state index contributed by atoms with van der Waals surface area (Å²) < 4.78 is 4.43. The molecule has 0 spiro atoms. The van der Waals surface area contributed by atoms with Gasteiger partial charge in [-0.2, -0.15) is 0 Å². The number of nitrogen functional groups attached to an aromatic ring is 1. The minimum absolute atomic E-state index is 0.0144. The molecule has 2 aliphatic rings. The molecule has 0 radical (unpaired) electrons. The normalized spacial score (nSPS) is 26.9. The van der Waals surface area contributed by atoms with E-state index >= 15 is 0 Å². The molecule has 2 aliphatic heterocycles. The number of piperidine rings is 1. The van der Waals surface area contributed by atoms with E-state index in [4.69, 9.17) is 5.73 Å². The summed E-state index contributed by atoms with van der Waals surface area (Å²) in [6, 6.07) is -0.116. The van der Waals surface area contributed by atoms with E-state index in [0.29, 0.717) is 13.1 Å². The van der Waals surface area contributed by atoms with Crippen LogP contribution in [0.3, 0.4) is 0 Å². The Morgan fingerprint density at radius 3 is 3.06 bits per heavy atom. The zero-order valence-corrected chi connectivity index (χ0v) is 9.63. The van der Waals surface area contributed by atoms with Crippen LogP contribution in [0.1, 0.15) is 23.3 Å². The van der Waals surface area contributed by atoms with E-state index in [1.807, 2.05) is 0 Å². The average Bonchev–Trinajstić information content (AvgIpc) is 2.95. The molecule has 96 valence electrons. The first kappa shape index (κ1) is 11.0. The van der Waals surface area contributed by atoms with Crippen LogP contribution in [0.4, 0.5) is 5.82 Å². The Labute approximate surface area is 102 Å². The zero-order chi connectivity index (χ0) is 12.7. The third kappa shape index (κ3) is 1.52. The number of hydrogen-bond acceptors (Lipinski definition) is 6. The van der Waals surface area contributed by atoms with Crippen molar-refractivity contribution in [3.05, 3.63) is 5.69 Å². The van der Waals surface area contributed by atoms with Gasteiger partial charge >= 0.3 is 0 Å². The second-order valence-electron chi connectivity index (χ2n) is 4.56. The molecule has 0 aromatic carbocycles. The molecule has 2 unspecified atom stereocenters. The number of aromatic nitrogens is 2. The molecule has 0 aliphatic carbocycles. The van der Waals surface area contributed by atoms with Gasteiger partial charge in [0.2, 0.25) is 17.4 Å². The Morgan fingerprint density at radius 2 is 2.33 bits per heavy atom. The smallest absolute Gasteiger partial charge is 0.280 e. The molecule has 2 amide bonds. The van der Waals surface area contributed by atoms with E-state index in [1.54, 1.807) is 4.90 Å². The Kier molecular flexibility index (Phi) is 2.42. The number of rotatable bonds is 1. The maximum Gasteiger partial charge on any atom is 0.280 e. The maximum atomic E-state index is 12.3. The van der Waals surface area contributed by atoms with Crippen molar-refractivity contribution in [1.82, 2.24) is 20.5 Å². The van der Waals surface area contributed by atoms with Gasteiger partial charge in [0.05, 0.1) is 12.0 Å². The fraction of sp³-hybridized carbons (Fsp3) is 0.600. The molecule has 0 saturated carbocycles. The molecule has 3 rings (SSSR count). The van der Waals surface area contributed by atoms with Crippen LogP contribution in [0.2, 0.25) is 0 Å². The Hall–Kier alpha value is -2.12. The number of likely N-dealkylation sites (tertiary alicyclic amines) is 1. The number of carbonyl (C=O) groups is 2. The summed E-state index contributed by atoms with van der Waals surface area (Å²) in [5.74, 6) is -0.438. The largest absolute Gasteiger partial charge is 0.379 e. The van der Waals surface area contributed by atoms with Crippen LogP contribution >= 0.6 is 0 Å². The average molecular weight is 251 g/mol. The van der Waals surface area contributed by atoms with E-state index in [-0.39, 0.29) is 35.3 Å². The number of fused-ring (bicyclic) bond motifs is 1. The predicted octanol–water partition coefficient (Wildman–Crippen LogP) is -0.998. The second kappa shape index (κ2) is 3.97. The highest BCUT2D eigenvalue weighted by Gasteiger charge is 2.43. The van der Waals surface area contributed by atoms with Crippen molar-refractivity contribution in [1.29, 1.82) is 0 Å². The number of nitrogens with zero attached hydrogens (tertiary/aromatic N) is 3. The first-order valence-corrected chi connectivity index (χ1v) is 5.85. The standard InChI is InChI=1S/C10H13N5O3/c11-8-7(13-18-14-8)10(17)15-3-1-2-5-6(15)4-12-9(5)16/h5-6H,1-4H2,(H2,11,14)(H,12,16). The number of carbonyl (C=O) groups excluding carboxylic acids is 2. The number of hydrogen-bond donors (Lipinski definition) is 2. The van der Waals surface area contributed by atoms with Crippen molar-refractivity contribution in [3.63, 3.8) is 0 Å². The van der Waals surface area contributed by atoms with E-state index in [2.05, 4.69) is 20.3 Å². The van der Waals surface area contributed by atoms with E-state index in [9.17, 15) is 9.59 Å². The lowest BCUT2D eigenvalue weighted by Crippen LogP contribution is -2.49. The lowest BCUT2D eigenvalue weighted by Gasteiger charge is -2.35. The van der Waals surface area contributed by atoms with Crippen LogP contribution in [0.25, 0.3) is 0 Å². The maximum absolute atomic E-state index is 12.3. The van der Waals surface area contributed by atoms with E-state index in [1.165, 1.54) is 0 Å². The molecule has 2 saturated heterocycles. The summed E-state index contributed by atoms with van der Waals surface area (Å²) >= 11 is 0. The van der Waals surface area contributed by atoms with Gasteiger partial charge in [-0.05, 0) is 23.2 Å². The summed E-state index contributed by atoms with van der Waals surface area (Å²) in [5, 5.41) is 9.69. The van der Waals surface area contributed by atoms with Gasteiger partial charge in [-0.1, -0.05) is 0 Å². The fourth-order valence-corrected chi connectivity index (χ4v) is 2.68. The summed E-state index contributed by atoms with van der Waals surface area (Å²) in [7, 11) is 0. The van der Waals surface area contributed by atoms with Crippen LogP contribution in [-0.2, 0) is 4.79 Å². The lowest BCUT2D eigenvalue weighted by molar-refractivity contribution is -0.123. The number of anilines is 1. The quantitative estimate of drug-likeness (QED) is 0.661. The van der Waals surface area contributed by atoms with Crippen LogP contribution in [0.5, 0.6) is 0 Å². The van der Waals surface area contributed by atoms with Gasteiger partial charge in [0, 0.05) is 13.1 Å². The minimum atomic E-state index is -0.319. The van der Waals surface area contributed by atoms with E-state index < -0.39 is 0 Å². The summed E-state index contributed by atoms with van der Waals surface area (Å²) in [6.45, 7) is 1.09. The van der Waals surface area contributed by atoms with Crippen molar-refractivity contribution < 1.29 is 14.2 Å². The molecule has 2 atom stereocenters. The molecule has 2 fully saturated rings. The Bertz CT molecular complexity index is 499. The van der Waals surface area contributed by atoms with Crippen LogP contribution in [0, 0.1) is 5.92 Å². The van der Waals surface area contributed by atoms with Crippen molar-refractivity contribution in [2.75, 3.05) is 18.8 Å². The van der Waals surface area contributed by atoms with Gasteiger partial charge in [-0.15, -0.1) is 0 Å². The first-order valence-electron chi connectivity index (χ1n) is 5.85. The van der Waals surface area contributed by atoms with Crippen molar-refractivity contribution in [3.8, 4) is 0 Å². The molecule has 18 heavy (non-hydrogen) atoms. The molecular weight excluding hydrogens is 238 g/mol. The first-order chi connectivity index (χ1) is 8.68. The Morgan fingerprint density at radius 1 is 1.50 bits per heavy atom. The molecule has 1 aromatic heterocycles. The summed E-state index contributed by atoms with van der Waals surface area (Å²) in [4.78, 5) is 25.5. The molecule has 1 aromatic rings. The van der Waals surface area contributed by atoms with Gasteiger partial charge in [-0.25, -0.2) is 4.63 Å². The minimum Gasteiger partial charge on any atom is -0.379 e. The summed E-state index contributed by atoms with van der Waals surface area (Å²) in [5.41, 5.74) is 5.54. The monoisotopic (exact) mass is 251 g/mol. The molecule has 8 nitrogen and oxygen atoms in total. The van der Waals surface area contributed by atoms with Crippen LogP contribution in [0.15, 0.2) is 4.63 Å². The highest BCUT2D eigenvalue weighted by molar-refractivity contribution is 5.97. The third-order valence-corrected chi connectivity index (χ3v) is 3.58. The van der Waals surface area contributed by atoms with Crippen molar-refractivity contribution in [2.24, 2.45) is 5.92 Å².